The van der Waals surface area contributed by atoms with Gasteiger partial charge in [0.25, 0.3) is 0 Å². The minimum absolute atomic E-state index is 0.801. The third kappa shape index (κ3) is 1.25. The van der Waals surface area contributed by atoms with Crippen LogP contribution < -0.4 is 0 Å². The van der Waals surface area contributed by atoms with Crippen molar-refractivity contribution in [1.29, 1.82) is 0 Å². The predicted molar refractivity (Wildman–Crippen MR) is 45.8 cm³/mol. The van der Waals surface area contributed by atoms with Gasteiger partial charge in [0.15, 0.2) is 0 Å². The summed E-state index contributed by atoms with van der Waals surface area (Å²) in [6.07, 6.45) is 4.71. The Kier molecular flexibility index (Phi) is 2.18. The first-order chi connectivity index (χ1) is 4.63. The van der Waals surface area contributed by atoms with Crippen molar-refractivity contribution < 1.29 is 0 Å². The van der Waals surface area contributed by atoms with E-state index in [1.54, 1.807) is 0 Å². The van der Waals surface area contributed by atoms with E-state index in [1.807, 2.05) is 0 Å². The quantitative estimate of drug-likeness (QED) is 0.488. The molecule has 0 radical (unpaired) electrons. The Morgan fingerprint density at radius 3 is 1.60 bits per heavy atom. The predicted octanol–water partition coefficient (Wildman–Crippen LogP) is 3.10. The monoisotopic (exact) mass is 138 g/mol. The molecule has 0 N–H and O–H groups in total. The summed E-state index contributed by atoms with van der Waals surface area (Å²) in [6, 6.07) is 0. The van der Waals surface area contributed by atoms with Crippen molar-refractivity contribution in [1.82, 2.24) is 0 Å². The number of rotatable bonds is 1. The van der Waals surface area contributed by atoms with Gasteiger partial charge in [-0.1, -0.05) is 39.8 Å². The van der Waals surface area contributed by atoms with E-state index >= 15 is 0 Å². The molecule has 58 valence electrons. The zero-order chi connectivity index (χ0) is 7.72. The summed E-state index contributed by atoms with van der Waals surface area (Å²) < 4.78 is 0. The molecule has 0 saturated carbocycles. The summed E-state index contributed by atoms with van der Waals surface area (Å²) >= 11 is 0. The molecule has 2 unspecified atom stereocenters. The highest BCUT2D eigenvalue weighted by Crippen LogP contribution is 2.35. The van der Waals surface area contributed by atoms with Crippen LogP contribution in [0.2, 0.25) is 0 Å². The molecule has 2 atom stereocenters. The second kappa shape index (κ2) is 2.77. The van der Waals surface area contributed by atoms with Crippen molar-refractivity contribution in [2.45, 2.75) is 27.7 Å². The van der Waals surface area contributed by atoms with Gasteiger partial charge in [-0.05, 0) is 23.7 Å². The fraction of sp³-hybridized carbons (Fsp3) is 0.800. The van der Waals surface area contributed by atoms with Crippen LogP contribution in [0.15, 0.2) is 12.2 Å². The molecule has 0 heteroatoms. The summed E-state index contributed by atoms with van der Waals surface area (Å²) in [5.41, 5.74) is 0. The van der Waals surface area contributed by atoms with E-state index in [1.165, 1.54) is 0 Å². The normalized spacial score (nSPS) is 39.5. The van der Waals surface area contributed by atoms with E-state index in [0.717, 1.165) is 23.7 Å². The Labute approximate surface area is 64.3 Å². The molecule has 0 aromatic rings. The molecule has 1 aliphatic rings. The first-order valence-corrected chi connectivity index (χ1v) is 4.31. The Morgan fingerprint density at radius 1 is 1.00 bits per heavy atom. The Hall–Kier alpha value is -0.260. The van der Waals surface area contributed by atoms with Gasteiger partial charge in [0, 0.05) is 0 Å². The first-order valence-electron chi connectivity index (χ1n) is 4.31. The van der Waals surface area contributed by atoms with Crippen LogP contribution >= 0.6 is 0 Å². The zero-order valence-electron chi connectivity index (χ0n) is 7.46. The van der Waals surface area contributed by atoms with Crippen molar-refractivity contribution in [2.24, 2.45) is 23.7 Å². The lowest BCUT2D eigenvalue weighted by Gasteiger charge is -2.23. The Balaban J connectivity index is 2.60. The summed E-state index contributed by atoms with van der Waals surface area (Å²) in [6.45, 7) is 9.30. The van der Waals surface area contributed by atoms with Gasteiger partial charge in [-0.25, -0.2) is 0 Å². The summed E-state index contributed by atoms with van der Waals surface area (Å²) in [5, 5.41) is 0. The minimum atomic E-state index is 0.801. The molecule has 0 saturated heterocycles. The summed E-state index contributed by atoms with van der Waals surface area (Å²) in [4.78, 5) is 0. The molecule has 0 aromatic heterocycles. The molecule has 0 bridgehead atoms. The molecule has 0 aromatic carbocycles. The first kappa shape index (κ1) is 7.84. The maximum atomic E-state index is 2.36. The van der Waals surface area contributed by atoms with Gasteiger partial charge < -0.3 is 0 Å². The van der Waals surface area contributed by atoms with Crippen molar-refractivity contribution >= 4 is 0 Å². The van der Waals surface area contributed by atoms with Gasteiger partial charge in [0.1, 0.15) is 0 Å². The van der Waals surface area contributed by atoms with Crippen molar-refractivity contribution in [3.63, 3.8) is 0 Å². The molecule has 1 aliphatic carbocycles. The molecule has 0 spiro atoms. The molecule has 0 fully saturated rings. The largest absolute Gasteiger partial charge is 0.0851 e. The van der Waals surface area contributed by atoms with Gasteiger partial charge >= 0.3 is 0 Å². The van der Waals surface area contributed by atoms with Gasteiger partial charge in [-0.2, -0.15) is 0 Å². The highest BCUT2D eigenvalue weighted by Gasteiger charge is 2.27. The summed E-state index contributed by atoms with van der Waals surface area (Å²) in [7, 11) is 0. The fourth-order valence-corrected chi connectivity index (χ4v) is 2.30. The lowest BCUT2D eigenvalue weighted by atomic mass is 9.81. The zero-order valence-corrected chi connectivity index (χ0v) is 7.46. The van der Waals surface area contributed by atoms with Gasteiger partial charge in [0.2, 0.25) is 0 Å². The Morgan fingerprint density at radius 2 is 1.40 bits per heavy atom. The van der Waals surface area contributed by atoms with Crippen LogP contribution in [0.25, 0.3) is 0 Å². The second-order valence-corrected chi connectivity index (χ2v) is 3.92. The SMILES string of the molecule is CC(C)C1C(C)C=CC1C. The smallest absolute Gasteiger partial charge is 0.0226 e. The maximum absolute atomic E-state index is 2.36. The molecule has 0 nitrogen and oxygen atoms in total. The highest BCUT2D eigenvalue weighted by atomic mass is 14.3. The minimum Gasteiger partial charge on any atom is -0.0851 e. The third-order valence-electron chi connectivity index (χ3n) is 2.70. The fourth-order valence-electron chi connectivity index (χ4n) is 2.30. The van der Waals surface area contributed by atoms with Crippen LogP contribution in [0.4, 0.5) is 0 Å². The maximum Gasteiger partial charge on any atom is -0.0226 e. The van der Waals surface area contributed by atoms with Crippen LogP contribution in [-0.2, 0) is 0 Å². The van der Waals surface area contributed by atoms with Gasteiger partial charge in [-0.3, -0.25) is 0 Å². The van der Waals surface area contributed by atoms with Crippen LogP contribution in [0.1, 0.15) is 27.7 Å². The van der Waals surface area contributed by atoms with E-state index < -0.39 is 0 Å². The molecular weight excluding hydrogens is 120 g/mol. The van der Waals surface area contributed by atoms with Crippen molar-refractivity contribution in [3.05, 3.63) is 12.2 Å². The summed E-state index contributed by atoms with van der Waals surface area (Å²) in [5.74, 6) is 3.32. The molecule has 0 amide bonds. The van der Waals surface area contributed by atoms with E-state index in [0.29, 0.717) is 0 Å². The van der Waals surface area contributed by atoms with E-state index in [2.05, 4.69) is 39.8 Å². The number of hydrogen-bond acceptors (Lipinski definition) is 0. The molecular formula is C10H18. The Bertz CT molecular complexity index is 121. The van der Waals surface area contributed by atoms with Crippen LogP contribution in [-0.4, -0.2) is 0 Å². The van der Waals surface area contributed by atoms with E-state index in [4.69, 9.17) is 0 Å². The van der Waals surface area contributed by atoms with Gasteiger partial charge in [0.05, 0.1) is 0 Å². The third-order valence-corrected chi connectivity index (χ3v) is 2.70. The average Bonchev–Trinajstić information content (AvgIpc) is 2.11. The standard InChI is InChI=1S/C10H18/c1-7(2)10-8(3)5-6-9(10)4/h5-10H,1-4H3. The molecule has 10 heavy (non-hydrogen) atoms. The lowest BCUT2D eigenvalue weighted by Crippen LogP contribution is -2.17. The average molecular weight is 138 g/mol. The van der Waals surface area contributed by atoms with E-state index in [9.17, 15) is 0 Å². The topological polar surface area (TPSA) is 0 Å². The molecule has 0 heterocycles. The van der Waals surface area contributed by atoms with Crippen LogP contribution in [0, 0.1) is 23.7 Å². The molecule has 1 rings (SSSR count). The highest BCUT2D eigenvalue weighted by molar-refractivity contribution is 5.04. The van der Waals surface area contributed by atoms with Gasteiger partial charge in [-0.15, -0.1) is 0 Å². The van der Waals surface area contributed by atoms with Crippen molar-refractivity contribution in [3.8, 4) is 0 Å². The lowest BCUT2D eigenvalue weighted by molar-refractivity contribution is 0.273. The van der Waals surface area contributed by atoms with E-state index in [-0.39, 0.29) is 0 Å². The number of hydrogen-bond donors (Lipinski definition) is 0. The van der Waals surface area contributed by atoms with Crippen molar-refractivity contribution in [2.75, 3.05) is 0 Å². The van der Waals surface area contributed by atoms with Crippen LogP contribution in [0.5, 0.6) is 0 Å². The second-order valence-electron chi connectivity index (χ2n) is 3.92. The van der Waals surface area contributed by atoms with Crippen LogP contribution in [0.3, 0.4) is 0 Å². The number of allylic oxidation sites excluding steroid dienone is 2. The molecule has 0 aliphatic heterocycles.